The molecule has 3 aromatic rings. The Morgan fingerprint density at radius 2 is 0.821 bits per heavy atom. The summed E-state index contributed by atoms with van der Waals surface area (Å²) in [6, 6.07) is 1.01. The topological polar surface area (TPSA) is 78.1 Å². The Hall–Kier alpha value is -3.57. The van der Waals surface area contributed by atoms with Crippen LogP contribution in [-0.4, -0.2) is 0 Å². The molecule has 0 spiro atoms. The molecule has 2 atom stereocenters. The average Bonchev–Trinajstić information content (AvgIpc) is 3.17. The molecule has 0 heterocycles. The third-order valence-corrected chi connectivity index (χ3v) is 9.25. The molecule has 0 radical (unpaired) electrons. The van der Waals surface area contributed by atoms with Gasteiger partial charge in [-0.15, -0.1) is 0 Å². The monoisotopic (exact) mass is 557 g/mol. The fraction of sp³-hybridized carbons (Fsp3) is 0.333. The molecule has 12 heteroatoms. The van der Waals surface area contributed by atoms with E-state index in [4.69, 9.17) is 17.2 Å². The number of rotatable bonds is 3. The van der Waals surface area contributed by atoms with Crippen molar-refractivity contribution >= 4 is 17.1 Å². The summed E-state index contributed by atoms with van der Waals surface area (Å²) in [5.41, 5.74) is 5.66. The van der Waals surface area contributed by atoms with Crippen LogP contribution in [0, 0.1) is 58.3 Å². The van der Waals surface area contributed by atoms with Crippen molar-refractivity contribution in [2.45, 2.75) is 48.3 Å². The molecule has 6 N–H and O–H groups in total. The van der Waals surface area contributed by atoms with Crippen molar-refractivity contribution in [3.63, 3.8) is 0 Å². The highest BCUT2D eigenvalue weighted by atomic mass is 19.2. The first-order valence-corrected chi connectivity index (χ1v) is 12.0. The van der Waals surface area contributed by atoms with E-state index in [0.29, 0.717) is 18.2 Å². The maximum atomic E-state index is 15.7. The van der Waals surface area contributed by atoms with E-state index in [1.165, 1.54) is 0 Å². The Balaban J connectivity index is 1.73. The molecular weight excluding hydrogens is 537 g/mol. The van der Waals surface area contributed by atoms with E-state index in [9.17, 15) is 13.2 Å². The number of benzene rings is 3. The summed E-state index contributed by atoms with van der Waals surface area (Å²) in [5.74, 6) is -13.5. The first kappa shape index (κ1) is 25.7. The van der Waals surface area contributed by atoms with Gasteiger partial charge in [-0.2, -0.15) is 0 Å². The summed E-state index contributed by atoms with van der Waals surface area (Å²) in [4.78, 5) is 0. The predicted octanol–water partition coefficient (Wildman–Crippen LogP) is 6.41. The van der Waals surface area contributed by atoms with Crippen LogP contribution >= 0.6 is 0 Å². The molecule has 39 heavy (non-hydrogen) atoms. The van der Waals surface area contributed by atoms with Crippen molar-refractivity contribution in [3.05, 3.63) is 87.2 Å². The molecule has 2 unspecified atom stereocenters. The van der Waals surface area contributed by atoms with Gasteiger partial charge in [-0.25, -0.2) is 39.5 Å². The maximum absolute atomic E-state index is 15.7. The molecule has 7 rings (SSSR count). The maximum Gasteiger partial charge on any atom is 0.155 e. The van der Waals surface area contributed by atoms with Gasteiger partial charge in [0.25, 0.3) is 0 Å². The molecule has 4 aliphatic rings. The first-order valence-electron chi connectivity index (χ1n) is 12.0. The van der Waals surface area contributed by atoms with Crippen LogP contribution in [-0.2, 0) is 16.2 Å². The lowest BCUT2D eigenvalue weighted by Gasteiger charge is -2.42. The Kier molecular flexibility index (Phi) is 5.11. The SMILES string of the molecule is Nc1c(F)cc(F)c(C23CC4CC(c5c(F)cc(F)c(N)c5F)(C2)C(c2c(F)cc(F)c(N)c2F)(C4)C3)c1F. The molecule has 0 aliphatic heterocycles. The fourth-order valence-electron chi connectivity index (χ4n) is 8.31. The van der Waals surface area contributed by atoms with Gasteiger partial charge in [0.05, 0.1) is 0 Å². The highest BCUT2D eigenvalue weighted by molar-refractivity contribution is 5.60. The number of anilines is 3. The Bertz CT molecular complexity index is 1530. The minimum Gasteiger partial charge on any atom is -0.394 e. The summed E-state index contributed by atoms with van der Waals surface area (Å²) in [6.45, 7) is 0. The van der Waals surface area contributed by atoms with E-state index in [2.05, 4.69) is 0 Å². The Labute approximate surface area is 215 Å². The number of halogens is 9. The van der Waals surface area contributed by atoms with Crippen molar-refractivity contribution in [3.8, 4) is 0 Å². The van der Waals surface area contributed by atoms with E-state index in [1.807, 2.05) is 0 Å². The minimum absolute atomic E-state index is 0.00917. The van der Waals surface area contributed by atoms with Gasteiger partial charge >= 0.3 is 0 Å². The van der Waals surface area contributed by atoms with Gasteiger partial charge in [0, 0.05) is 51.1 Å². The van der Waals surface area contributed by atoms with Crippen LogP contribution in [0.25, 0.3) is 0 Å². The van der Waals surface area contributed by atoms with Crippen LogP contribution in [0.15, 0.2) is 18.2 Å². The van der Waals surface area contributed by atoms with E-state index in [1.54, 1.807) is 0 Å². The molecule has 206 valence electrons. The number of hydrogen-bond donors (Lipinski definition) is 3. The smallest absolute Gasteiger partial charge is 0.155 e. The van der Waals surface area contributed by atoms with Crippen LogP contribution in [0.2, 0.25) is 0 Å². The van der Waals surface area contributed by atoms with Crippen molar-refractivity contribution < 1.29 is 39.5 Å². The molecule has 0 aromatic heterocycles. The van der Waals surface area contributed by atoms with Gasteiger partial charge in [0.1, 0.15) is 34.5 Å². The Morgan fingerprint density at radius 3 is 1.21 bits per heavy atom. The first-order chi connectivity index (χ1) is 18.2. The summed E-state index contributed by atoms with van der Waals surface area (Å²) in [5, 5.41) is 0. The van der Waals surface area contributed by atoms with Crippen molar-refractivity contribution in [1.82, 2.24) is 0 Å². The van der Waals surface area contributed by atoms with Crippen LogP contribution in [0.5, 0.6) is 0 Å². The zero-order valence-electron chi connectivity index (χ0n) is 20.0. The third-order valence-electron chi connectivity index (χ3n) is 9.25. The van der Waals surface area contributed by atoms with Gasteiger partial charge < -0.3 is 17.2 Å². The third kappa shape index (κ3) is 2.97. The molecule has 4 fully saturated rings. The number of nitrogens with two attached hydrogens (primary N) is 3. The summed E-state index contributed by atoms with van der Waals surface area (Å²) in [7, 11) is 0. The lowest BCUT2D eigenvalue weighted by molar-refractivity contribution is 0.202. The lowest BCUT2D eigenvalue weighted by atomic mass is 9.60. The van der Waals surface area contributed by atoms with Gasteiger partial charge in [-0.3, -0.25) is 0 Å². The van der Waals surface area contributed by atoms with E-state index >= 15 is 26.3 Å². The molecular formula is C27H20F9N3. The van der Waals surface area contributed by atoms with Gasteiger partial charge in [0.2, 0.25) is 0 Å². The Morgan fingerprint density at radius 1 is 0.487 bits per heavy atom. The molecule has 4 bridgehead atoms. The van der Waals surface area contributed by atoms with Crippen LogP contribution in [0.3, 0.4) is 0 Å². The van der Waals surface area contributed by atoms with Crippen LogP contribution in [0.1, 0.15) is 48.8 Å². The number of hydrogen-bond acceptors (Lipinski definition) is 3. The van der Waals surface area contributed by atoms with Gasteiger partial charge in [-0.1, -0.05) is 0 Å². The van der Waals surface area contributed by atoms with Gasteiger partial charge in [0.15, 0.2) is 34.9 Å². The highest BCUT2D eigenvalue weighted by Gasteiger charge is 2.75. The highest BCUT2D eigenvalue weighted by Crippen LogP contribution is 2.78. The van der Waals surface area contributed by atoms with E-state index in [-0.39, 0.29) is 19.3 Å². The van der Waals surface area contributed by atoms with E-state index < -0.39 is 121 Å². The molecule has 4 aliphatic carbocycles. The standard InChI is InChI=1S/C27H20F9N3/c28-10-1-13(31)22(37)19(34)16(10)25-4-9-5-26(7-25,17-11(29)2-14(32)23(38)20(17)35)27(6-9,8-25)18-12(30)3-15(33)24(39)21(18)36/h1-3,9H,4-8,37-39H2. The molecule has 3 nitrogen and oxygen atoms in total. The molecule has 0 amide bonds. The number of nitrogen functional groups attached to an aromatic ring is 3. The van der Waals surface area contributed by atoms with E-state index in [0.717, 1.165) is 0 Å². The van der Waals surface area contributed by atoms with Crippen LogP contribution < -0.4 is 17.2 Å². The summed E-state index contributed by atoms with van der Waals surface area (Å²) in [6.07, 6.45) is -1.20. The predicted molar refractivity (Wildman–Crippen MR) is 124 cm³/mol. The van der Waals surface area contributed by atoms with Gasteiger partial charge in [-0.05, 0) is 38.0 Å². The molecule has 4 saturated carbocycles. The van der Waals surface area contributed by atoms with Crippen molar-refractivity contribution in [1.29, 1.82) is 0 Å². The zero-order chi connectivity index (χ0) is 28.4. The average molecular weight is 557 g/mol. The largest absolute Gasteiger partial charge is 0.394 e. The molecule has 0 saturated heterocycles. The fourth-order valence-corrected chi connectivity index (χ4v) is 8.31. The normalized spacial score (nSPS) is 29.0. The van der Waals surface area contributed by atoms with Crippen LogP contribution in [0.4, 0.5) is 56.6 Å². The van der Waals surface area contributed by atoms with Crippen molar-refractivity contribution in [2.24, 2.45) is 5.92 Å². The second-order valence-electron chi connectivity index (χ2n) is 11.1. The minimum atomic E-state index is -1.93. The summed E-state index contributed by atoms with van der Waals surface area (Å²) < 4.78 is 136. The second-order valence-corrected chi connectivity index (χ2v) is 11.1. The lowest BCUT2D eigenvalue weighted by Crippen LogP contribution is -2.43. The van der Waals surface area contributed by atoms with Crippen molar-refractivity contribution in [2.75, 3.05) is 17.2 Å². The molecule has 3 aromatic carbocycles. The quantitative estimate of drug-likeness (QED) is 0.258. The second kappa shape index (κ2) is 7.76. The zero-order valence-corrected chi connectivity index (χ0v) is 20.0. The summed E-state index contributed by atoms with van der Waals surface area (Å²) >= 11 is 0.